The monoisotopic (exact) mass is 406 g/mol. The molecular weight excluding hydrogens is 384 g/mol. The van der Waals surface area contributed by atoms with Crippen LogP contribution in [0.1, 0.15) is 41.6 Å². The van der Waals surface area contributed by atoms with Crippen molar-refractivity contribution in [2.24, 2.45) is 0 Å². The van der Waals surface area contributed by atoms with E-state index >= 15 is 0 Å². The Bertz CT molecular complexity index is 1090. The molecule has 0 amide bonds. The quantitative estimate of drug-likeness (QED) is 0.493. The largest absolute Gasteiger partial charge is 0.461 e. The van der Waals surface area contributed by atoms with Gasteiger partial charge in [-0.2, -0.15) is 9.67 Å². The van der Waals surface area contributed by atoms with Crippen LogP contribution in [0.5, 0.6) is 0 Å². The van der Waals surface area contributed by atoms with Crippen LogP contribution in [-0.2, 0) is 12.0 Å². The van der Waals surface area contributed by atoms with Crippen LogP contribution in [0.4, 0.5) is 5.95 Å². The van der Waals surface area contributed by atoms with E-state index in [1.165, 1.54) is 10.2 Å². The van der Waals surface area contributed by atoms with Gasteiger partial charge in [-0.25, -0.2) is 0 Å². The number of thiophene rings is 1. The Labute approximate surface area is 173 Å². The van der Waals surface area contributed by atoms with E-state index in [1.807, 2.05) is 41.8 Å². The lowest BCUT2D eigenvalue weighted by Crippen LogP contribution is -2.18. The summed E-state index contributed by atoms with van der Waals surface area (Å²) in [5, 5.41) is 9.64. The highest BCUT2D eigenvalue weighted by atomic mass is 32.1. The summed E-state index contributed by atoms with van der Waals surface area (Å²) in [6, 6.07) is 15.2. The van der Waals surface area contributed by atoms with Crippen LogP contribution in [0.25, 0.3) is 11.6 Å². The highest BCUT2D eigenvalue weighted by molar-refractivity contribution is 7.09. The fourth-order valence-corrected chi connectivity index (χ4v) is 3.54. The number of carbonyl (C=O) groups is 1. The van der Waals surface area contributed by atoms with E-state index in [-0.39, 0.29) is 11.3 Å². The number of hydrogen-bond acceptors (Lipinski definition) is 6. The van der Waals surface area contributed by atoms with Gasteiger partial charge < -0.3 is 9.73 Å². The molecule has 0 atom stereocenters. The van der Waals surface area contributed by atoms with E-state index in [4.69, 9.17) is 4.42 Å². The maximum atomic E-state index is 13.2. The van der Waals surface area contributed by atoms with Crippen molar-refractivity contribution in [3.63, 3.8) is 0 Å². The molecule has 6 nitrogen and oxygen atoms in total. The molecule has 0 bridgehead atoms. The van der Waals surface area contributed by atoms with Crippen molar-refractivity contribution in [2.45, 2.75) is 32.7 Å². The highest BCUT2D eigenvalue weighted by Gasteiger charge is 2.21. The maximum absolute atomic E-state index is 13.2. The number of carbonyl (C=O) groups excluding carboxylic acids is 1. The topological polar surface area (TPSA) is 73.0 Å². The zero-order chi connectivity index (χ0) is 20.4. The normalized spacial score (nSPS) is 11.6. The standard InChI is InChI=1S/C22H22N4O2S/c1-22(2,3)16-10-8-15(9-11-16)20(27)26-21(23-14-17-6-5-13-29-17)24-19(25-26)18-7-4-12-28-18/h4-13H,14H2,1-3H3,(H,23,24,25). The molecule has 0 aliphatic rings. The van der Waals surface area contributed by atoms with Gasteiger partial charge in [0.05, 0.1) is 12.8 Å². The van der Waals surface area contributed by atoms with Gasteiger partial charge in [-0.05, 0) is 46.7 Å². The van der Waals surface area contributed by atoms with Gasteiger partial charge in [0, 0.05) is 10.4 Å². The van der Waals surface area contributed by atoms with Crippen LogP contribution in [0.3, 0.4) is 0 Å². The summed E-state index contributed by atoms with van der Waals surface area (Å²) in [6.07, 6.45) is 1.56. The average molecular weight is 407 g/mol. The molecule has 7 heteroatoms. The second-order valence-electron chi connectivity index (χ2n) is 7.71. The Morgan fingerprint density at radius 1 is 1.14 bits per heavy atom. The van der Waals surface area contributed by atoms with Crippen LogP contribution in [0, 0.1) is 0 Å². The molecule has 4 aromatic rings. The van der Waals surface area contributed by atoms with Crippen LogP contribution < -0.4 is 5.32 Å². The Hall–Kier alpha value is -3.19. The van der Waals surface area contributed by atoms with E-state index in [0.29, 0.717) is 29.6 Å². The summed E-state index contributed by atoms with van der Waals surface area (Å²) >= 11 is 1.64. The summed E-state index contributed by atoms with van der Waals surface area (Å²) in [7, 11) is 0. The van der Waals surface area contributed by atoms with Crippen molar-refractivity contribution in [3.8, 4) is 11.6 Å². The summed E-state index contributed by atoms with van der Waals surface area (Å²) in [5.74, 6) is 1.02. The lowest BCUT2D eigenvalue weighted by molar-refractivity contribution is 0.0947. The second-order valence-corrected chi connectivity index (χ2v) is 8.75. The third-order valence-corrected chi connectivity index (χ3v) is 5.42. The third-order valence-electron chi connectivity index (χ3n) is 4.54. The number of aromatic nitrogens is 3. The number of nitrogens with one attached hydrogen (secondary N) is 1. The fraction of sp³-hybridized carbons (Fsp3) is 0.227. The minimum atomic E-state index is -0.246. The molecule has 1 N–H and O–H groups in total. The molecule has 148 valence electrons. The fourth-order valence-electron chi connectivity index (χ4n) is 2.89. The van der Waals surface area contributed by atoms with Crippen molar-refractivity contribution in [1.82, 2.24) is 14.8 Å². The van der Waals surface area contributed by atoms with Crippen molar-refractivity contribution in [2.75, 3.05) is 5.32 Å². The first kappa shape index (κ1) is 19.1. The minimum Gasteiger partial charge on any atom is -0.461 e. The van der Waals surface area contributed by atoms with Crippen molar-refractivity contribution in [1.29, 1.82) is 0 Å². The zero-order valence-electron chi connectivity index (χ0n) is 16.5. The molecule has 3 aromatic heterocycles. The molecule has 0 saturated carbocycles. The van der Waals surface area contributed by atoms with Crippen molar-refractivity contribution >= 4 is 23.2 Å². The van der Waals surface area contributed by atoms with E-state index < -0.39 is 0 Å². The number of rotatable bonds is 5. The van der Waals surface area contributed by atoms with Crippen LogP contribution in [-0.4, -0.2) is 20.7 Å². The van der Waals surface area contributed by atoms with Crippen LogP contribution >= 0.6 is 11.3 Å². The summed E-state index contributed by atoms with van der Waals surface area (Å²) in [6.45, 7) is 6.99. The van der Waals surface area contributed by atoms with Gasteiger partial charge in [-0.3, -0.25) is 4.79 Å². The predicted molar refractivity (Wildman–Crippen MR) is 114 cm³/mol. The first-order chi connectivity index (χ1) is 13.9. The summed E-state index contributed by atoms with van der Waals surface area (Å²) in [5.41, 5.74) is 1.74. The Morgan fingerprint density at radius 3 is 2.55 bits per heavy atom. The van der Waals surface area contributed by atoms with Gasteiger partial charge in [0.15, 0.2) is 5.76 Å². The van der Waals surface area contributed by atoms with Crippen LogP contribution in [0.2, 0.25) is 0 Å². The van der Waals surface area contributed by atoms with E-state index in [0.717, 1.165) is 4.88 Å². The first-order valence-corrected chi connectivity index (χ1v) is 10.2. The number of benzene rings is 1. The summed E-state index contributed by atoms with van der Waals surface area (Å²) < 4.78 is 6.70. The molecule has 0 radical (unpaired) electrons. The number of anilines is 1. The molecule has 0 spiro atoms. The molecule has 0 saturated heterocycles. The van der Waals surface area contributed by atoms with Gasteiger partial charge in [-0.1, -0.05) is 39.0 Å². The smallest absolute Gasteiger partial charge is 0.281 e. The first-order valence-electron chi connectivity index (χ1n) is 9.34. The van der Waals surface area contributed by atoms with Gasteiger partial charge in [0.25, 0.3) is 5.91 Å². The molecule has 3 heterocycles. The second kappa shape index (κ2) is 7.67. The van der Waals surface area contributed by atoms with Gasteiger partial charge in [0.1, 0.15) is 0 Å². The van der Waals surface area contributed by atoms with Crippen LogP contribution in [0.15, 0.2) is 64.6 Å². The Morgan fingerprint density at radius 2 is 1.93 bits per heavy atom. The van der Waals surface area contributed by atoms with E-state index in [9.17, 15) is 4.79 Å². The van der Waals surface area contributed by atoms with Gasteiger partial charge in [0.2, 0.25) is 11.8 Å². The third kappa shape index (κ3) is 4.14. The van der Waals surface area contributed by atoms with Gasteiger partial charge >= 0.3 is 0 Å². The lowest BCUT2D eigenvalue weighted by Gasteiger charge is -2.19. The molecule has 0 fully saturated rings. The van der Waals surface area contributed by atoms with E-state index in [1.54, 1.807) is 29.7 Å². The lowest BCUT2D eigenvalue weighted by atomic mass is 9.87. The minimum absolute atomic E-state index is 0.0225. The predicted octanol–water partition coefficient (Wildman–Crippen LogP) is 5.20. The Balaban J connectivity index is 1.66. The zero-order valence-corrected chi connectivity index (χ0v) is 17.4. The number of furan rings is 1. The maximum Gasteiger partial charge on any atom is 0.281 e. The molecule has 4 rings (SSSR count). The molecular formula is C22H22N4O2S. The number of nitrogens with zero attached hydrogens (tertiary/aromatic N) is 3. The van der Waals surface area contributed by atoms with Crippen molar-refractivity contribution in [3.05, 3.63) is 76.2 Å². The van der Waals surface area contributed by atoms with E-state index in [2.05, 4.69) is 36.2 Å². The van der Waals surface area contributed by atoms with Crippen molar-refractivity contribution < 1.29 is 9.21 Å². The number of hydrogen-bond donors (Lipinski definition) is 1. The Kier molecular flexibility index (Phi) is 5.07. The highest BCUT2D eigenvalue weighted by Crippen LogP contribution is 2.24. The van der Waals surface area contributed by atoms with Gasteiger partial charge in [-0.15, -0.1) is 16.4 Å². The molecule has 0 aliphatic heterocycles. The molecule has 29 heavy (non-hydrogen) atoms. The summed E-state index contributed by atoms with van der Waals surface area (Å²) in [4.78, 5) is 18.8. The average Bonchev–Trinajstić information content (AvgIpc) is 3.46. The molecule has 0 aliphatic carbocycles. The SMILES string of the molecule is CC(C)(C)c1ccc(C(=O)n2nc(-c3ccco3)nc2NCc2cccs2)cc1. The molecule has 0 unspecified atom stereocenters. The molecule has 1 aromatic carbocycles.